The van der Waals surface area contributed by atoms with Gasteiger partial charge >= 0.3 is 0 Å². The molecule has 0 N–H and O–H groups in total. The summed E-state index contributed by atoms with van der Waals surface area (Å²) in [5.74, 6) is 0.166. The number of likely N-dealkylation sites (tertiary alicyclic amines) is 1. The number of amides is 1. The zero-order valence-corrected chi connectivity index (χ0v) is 14.3. The number of hydrogen-bond acceptors (Lipinski definition) is 4. The SMILES string of the molecule is CC(c1ccc(S(C)(=O)=O)cc1)N(C)CC(=O)N1CCCC1. The third-order valence-electron chi connectivity index (χ3n) is 4.30. The van der Waals surface area contributed by atoms with Crippen LogP contribution in [0.1, 0.15) is 31.4 Å². The van der Waals surface area contributed by atoms with Crippen molar-refractivity contribution in [1.29, 1.82) is 0 Å². The van der Waals surface area contributed by atoms with E-state index in [0.717, 1.165) is 31.5 Å². The van der Waals surface area contributed by atoms with E-state index in [9.17, 15) is 13.2 Å². The number of carbonyl (C=O) groups excluding carboxylic acids is 1. The van der Waals surface area contributed by atoms with Gasteiger partial charge in [0, 0.05) is 25.4 Å². The minimum absolute atomic E-state index is 0.0557. The zero-order valence-electron chi connectivity index (χ0n) is 13.4. The Kier molecular flexibility index (Phi) is 5.24. The van der Waals surface area contributed by atoms with Crippen molar-refractivity contribution in [3.63, 3.8) is 0 Å². The molecule has 6 heteroatoms. The van der Waals surface area contributed by atoms with Gasteiger partial charge in [-0.05, 0) is 44.5 Å². The van der Waals surface area contributed by atoms with Crippen molar-refractivity contribution in [2.24, 2.45) is 0 Å². The van der Waals surface area contributed by atoms with Gasteiger partial charge in [0.15, 0.2) is 9.84 Å². The molecule has 0 aromatic heterocycles. The molecule has 0 spiro atoms. The van der Waals surface area contributed by atoms with Gasteiger partial charge in [-0.3, -0.25) is 9.69 Å². The third kappa shape index (κ3) is 4.08. The van der Waals surface area contributed by atoms with Gasteiger partial charge in [-0.15, -0.1) is 0 Å². The lowest BCUT2D eigenvalue weighted by Gasteiger charge is -2.27. The molecule has 1 aromatic carbocycles. The maximum Gasteiger partial charge on any atom is 0.236 e. The van der Waals surface area contributed by atoms with Crippen LogP contribution < -0.4 is 0 Å². The molecule has 1 aliphatic heterocycles. The maximum absolute atomic E-state index is 12.2. The Bertz CT molecular complexity index is 619. The van der Waals surface area contributed by atoms with Crippen molar-refractivity contribution in [3.8, 4) is 0 Å². The Balaban J connectivity index is 2.00. The molecule has 1 unspecified atom stereocenters. The molecule has 1 aliphatic rings. The molecule has 2 rings (SSSR count). The van der Waals surface area contributed by atoms with Crippen molar-refractivity contribution in [3.05, 3.63) is 29.8 Å². The van der Waals surface area contributed by atoms with E-state index in [1.54, 1.807) is 12.1 Å². The first-order valence-electron chi connectivity index (χ1n) is 7.57. The summed E-state index contributed by atoms with van der Waals surface area (Å²) in [5.41, 5.74) is 1.00. The van der Waals surface area contributed by atoms with Gasteiger partial charge in [-0.1, -0.05) is 12.1 Å². The monoisotopic (exact) mass is 324 g/mol. The van der Waals surface area contributed by atoms with Gasteiger partial charge in [0.05, 0.1) is 11.4 Å². The zero-order chi connectivity index (χ0) is 16.3. The van der Waals surface area contributed by atoms with Gasteiger partial charge < -0.3 is 4.90 Å². The minimum atomic E-state index is -3.17. The summed E-state index contributed by atoms with van der Waals surface area (Å²) >= 11 is 0. The Morgan fingerprint density at radius 1 is 1.23 bits per heavy atom. The summed E-state index contributed by atoms with van der Waals surface area (Å²) in [6.07, 6.45) is 3.39. The van der Waals surface area contributed by atoms with Crippen LogP contribution in [0.5, 0.6) is 0 Å². The van der Waals surface area contributed by atoms with Gasteiger partial charge in [-0.2, -0.15) is 0 Å². The van der Waals surface area contributed by atoms with Crippen LogP contribution in [0.15, 0.2) is 29.2 Å². The van der Waals surface area contributed by atoms with E-state index in [4.69, 9.17) is 0 Å². The summed E-state index contributed by atoms with van der Waals surface area (Å²) in [4.78, 5) is 16.4. The standard InChI is InChI=1S/C16H24N2O3S/c1-13(14-6-8-15(9-7-14)22(3,20)21)17(2)12-16(19)18-10-4-5-11-18/h6-9,13H,4-5,10-12H2,1-3H3. The van der Waals surface area contributed by atoms with Gasteiger partial charge in [0.1, 0.15) is 0 Å². The number of rotatable bonds is 5. The number of nitrogens with zero attached hydrogens (tertiary/aromatic N) is 2. The fourth-order valence-electron chi connectivity index (χ4n) is 2.66. The van der Waals surface area contributed by atoms with E-state index in [2.05, 4.69) is 0 Å². The van der Waals surface area contributed by atoms with E-state index < -0.39 is 9.84 Å². The molecular formula is C16H24N2O3S. The molecule has 5 nitrogen and oxygen atoms in total. The molecule has 1 saturated heterocycles. The molecule has 0 bridgehead atoms. The van der Waals surface area contributed by atoms with E-state index in [1.165, 1.54) is 6.26 Å². The van der Waals surface area contributed by atoms with E-state index >= 15 is 0 Å². The number of carbonyl (C=O) groups is 1. The Morgan fingerprint density at radius 3 is 2.27 bits per heavy atom. The quantitative estimate of drug-likeness (QED) is 0.827. The smallest absolute Gasteiger partial charge is 0.236 e. The Hall–Kier alpha value is -1.40. The topological polar surface area (TPSA) is 57.7 Å². The number of sulfone groups is 1. The molecule has 122 valence electrons. The van der Waals surface area contributed by atoms with Gasteiger partial charge in [-0.25, -0.2) is 8.42 Å². The fourth-order valence-corrected chi connectivity index (χ4v) is 3.30. The molecule has 1 fully saturated rings. The normalized spacial score (nSPS) is 17.0. The highest BCUT2D eigenvalue weighted by molar-refractivity contribution is 7.90. The summed E-state index contributed by atoms with van der Waals surface area (Å²) in [6.45, 7) is 4.13. The number of hydrogen-bond donors (Lipinski definition) is 0. The molecular weight excluding hydrogens is 300 g/mol. The van der Waals surface area contributed by atoms with Crippen molar-refractivity contribution in [2.45, 2.75) is 30.7 Å². The third-order valence-corrected chi connectivity index (χ3v) is 5.42. The summed E-state index contributed by atoms with van der Waals surface area (Å²) in [6, 6.07) is 6.94. The van der Waals surface area contributed by atoms with E-state index in [0.29, 0.717) is 11.4 Å². The average Bonchev–Trinajstić information content (AvgIpc) is 3.00. The maximum atomic E-state index is 12.2. The molecule has 22 heavy (non-hydrogen) atoms. The largest absolute Gasteiger partial charge is 0.342 e. The molecule has 1 amide bonds. The van der Waals surface area contributed by atoms with Crippen LogP contribution in [0.2, 0.25) is 0 Å². The molecule has 1 heterocycles. The summed E-state index contributed by atoms with van der Waals surface area (Å²) < 4.78 is 23.0. The number of benzene rings is 1. The summed E-state index contributed by atoms with van der Waals surface area (Å²) in [7, 11) is -1.25. The van der Waals surface area contributed by atoms with Crippen LogP contribution in [0.25, 0.3) is 0 Å². The van der Waals surface area contributed by atoms with Crippen LogP contribution in [-0.4, -0.2) is 57.1 Å². The Labute approximate surface area is 132 Å². The van der Waals surface area contributed by atoms with E-state index in [-0.39, 0.29) is 11.9 Å². The van der Waals surface area contributed by atoms with Crippen LogP contribution in [-0.2, 0) is 14.6 Å². The van der Waals surface area contributed by atoms with Crippen molar-refractivity contribution in [2.75, 3.05) is 32.9 Å². The molecule has 0 radical (unpaired) electrons. The lowest BCUT2D eigenvalue weighted by Crippen LogP contribution is -2.38. The fraction of sp³-hybridized carbons (Fsp3) is 0.562. The lowest BCUT2D eigenvalue weighted by molar-refractivity contribution is -0.131. The first kappa shape index (κ1) is 17.0. The first-order valence-corrected chi connectivity index (χ1v) is 9.46. The number of likely N-dealkylation sites (N-methyl/N-ethyl adjacent to an activating group) is 1. The highest BCUT2D eigenvalue weighted by atomic mass is 32.2. The molecule has 0 saturated carbocycles. The van der Waals surface area contributed by atoms with Crippen molar-refractivity contribution >= 4 is 15.7 Å². The second kappa shape index (κ2) is 6.79. The first-order chi connectivity index (χ1) is 10.3. The highest BCUT2D eigenvalue weighted by Crippen LogP contribution is 2.21. The van der Waals surface area contributed by atoms with Crippen molar-refractivity contribution < 1.29 is 13.2 Å². The van der Waals surface area contributed by atoms with Crippen LogP contribution >= 0.6 is 0 Å². The Morgan fingerprint density at radius 2 is 1.77 bits per heavy atom. The predicted octanol–water partition coefficient (Wildman–Crippen LogP) is 1.71. The minimum Gasteiger partial charge on any atom is -0.342 e. The highest BCUT2D eigenvalue weighted by Gasteiger charge is 2.21. The second-order valence-electron chi connectivity index (χ2n) is 6.02. The van der Waals surface area contributed by atoms with Crippen LogP contribution in [0.3, 0.4) is 0 Å². The van der Waals surface area contributed by atoms with Crippen LogP contribution in [0, 0.1) is 0 Å². The molecule has 1 aromatic rings. The van der Waals surface area contributed by atoms with Gasteiger partial charge in [0.2, 0.25) is 5.91 Å². The van der Waals surface area contributed by atoms with E-state index in [1.807, 2.05) is 35.9 Å². The summed E-state index contributed by atoms with van der Waals surface area (Å²) in [5, 5.41) is 0. The lowest BCUT2D eigenvalue weighted by atomic mass is 10.1. The molecule has 0 aliphatic carbocycles. The second-order valence-corrected chi connectivity index (χ2v) is 8.04. The van der Waals surface area contributed by atoms with Crippen LogP contribution in [0.4, 0.5) is 0 Å². The predicted molar refractivity (Wildman–Crippen MR) is 86.4 cm³/mol. The average molecular weight is 324 g/mol. The van der Waals surface area contributed by atoms with Crippen molar-refractivity contribution in [1.82, 2.24) is 9.80 Å². The van der Waals surface area contributed by atoms with Gasteiger partial charge in [0.25, 0.3) is 0 Å². The molecule has 1 atom stereocenters.